The van der Waals surface area contributed by atoms with Crippen molar-refractivity contribution in [1.82, 2.24) is 0 Å². The van der Waals surface area contributed by atoms with Gasteiger partial charge in [-0.15, -0.1) is 0 Å². The first kappa shape index (κ1) is 8.38. The van der Waals surface area contributed by atoms with Gasteiger partial charge in [-0.25, -0.2) is 0 Å². The minimum absolute atomic E-state index is 0.141. The van der Waals surface area contributed by atoms with E-state index in [0.717, 1.165) is 17.9 Å². The van der Waals surface area contributed by atoms with E-state index in [1.807, 2.05) is 18.2 Å². The van der Waals surface area contributed by atoms with Gasteiger partial charge in [0.05, 0.1) is 7.11 Å². The highest BCUT2D eigenvalue weighted by atomic mass is 16.5. The molecule has 3 heteroatoms. The predicted molar refractivity (Wildman–Crippen MR) is 50.2 cm³/mol. The zero-order chi connectivity index (χ0) is 9.26. The maximum atomic E-state index is 5.58. The molecule has 2 rings (SSSR count). The lowest BCUT2D eigenvalue weighted by atomic mass is 10.1. The minimum atomic E-state index is 0.141. The first-order valence-corrected chi connectivity index (χ1v) is 4.37. The van der Waals surface area contributed by atoms with Crippen LogP contribution in [0, 0.1) is 0 Å². The van der Waals surface area contributed by atoms with Crippen molar-refractivity contribution in [2.24, 2.45) is 5.73 Å². The molecule has 1 aromatic rings. The van der Waals surface area contributed by atoms with Crippen LogP contribution in [0.15, 0.2) is 18.2 Å². The number of ether oxygens (including phenoxy) is 2. The molecule has 3 nitrogen and oxygen atoms in total. The van der Waals surface area contributed by atoms with Crippen LogP contribution in [0.4, 0.5) is 0 Å². The van der Waals surface area contributed by atoms with Crippen molar-refractivity contribution in [1.29, 1.82) is 0 Å². The van der Waals surface area contributed by atoms with Crippen molar-refractivity contribution in [3.8, 4) is 11.5 Å². The summed E-state index contributed by atoms with van der Waals surface area (Å²) in [5.74, 6) is 1.82. The highest BCUT2D eigenvalue weighted by Crippen LogP contribution is 2.31. The lowest BCUT2D eigenvalue weighted by Crippen LogP contribution is -2.24. The summed E-state index contributed by atoms with van der Waals surface area (Å²) in [7, 11) is 1.66. The van der Waals surface area contributed by atoms with Gasteiger partial charge in [0.15, 0.2) is 0 Å². The fourth-order valence-electron chi connectivity index (χ4n) is 1.56. The third-order valence-electron chi connectivity index (χ3n) is 2.27. The first-order valence-electron chi connectivity index (χ1n) is 4.37. The van der Waals surface area contributed by atoms with E-state index < -0.39 is 0 Å². The maximum absolute atomic E-state index is 5.58. The van der Waals surface area contributed by atoms with Crippen LogP contribution in [0.1, 0.15) is 5.56 Å². The van der Waals surface area contributed by atoms with Crippen LogP contribution < -0.4 is 15.2 Å². The van der Waals surface area contributed by atoms with E-state index in [1.54, 1.807) is 7.11 Å². The quantitative estimate of drug-likeness (QED) is 0.735. The highest BCUT2D eigenvalue weighted by molar-refractivity contribution is 5.43. The molecule has 1 aliphatic heterocycles. The summed E-state index contributed by atoms with van der Waals surface area (Å²) >= 11 is 0. The Morgan fingerprint density at radius 1 is 1.62 bits per heavy atom. The molecule has 13 heavy (non-hydrogen) atoms. The Morgan fingerprint density at radius 2 is 2.46 bits per heavy atom. The van der Waals surface area contributed by atoms with Crippen LogP contribution >= 0.6 is 0 Å². The molecule has 2 N–H and O–H groups in total. The zero-order valence-corrected chi connectivity index (χ0v) is 7.62. The highest BCUT2D eigenvalue weighted by Gasteiger charge is 2.21. The summed E-state index contributed by atoms with van der Waals surface area (Å²) in [6, 6.07) is 5.84. The second kappa shape index (κ2) is 3.26. The molecule has 1 aliphatic rings. The van der Waals surface area contributed by atoms with Crippen molar-refractivity contribution in [2.45, 2.75) is 12.5 Å². The fourth-order valence-corrected chi connectivity index (χ4v) is 1.56. The predicted octanol–water partition coefficient (Wildman–Crippen LogP) is 0.957. The number of methoxy groups -OCH3 is 1. The average Bonchev–Trinajstić information content (AvgIpc) is 2.58. The zero-order valence-electron chi connectivity index (χ0n) is 7.62. The molecule has 0 aliphatic carbocycles. The molecular weight excluding hydrogens is 166 g/mol. The van der Waals surface area contributed by atoms with Gasteiger partial charge in [0, 0.05) is 18.5 Å². The Hall–Kier alpha value is -1.22. The van der Waals surface area contributed by atoms with Crippen LogP contribution in [0.3, 0.4) is 0 Å². The molecule has 0 radical (unpaired) electrons. The van der Waals surface area contributed by atoms with Crippen LogP contribution in [0.5, 0.6) is 11.5 Å². The topological polar surface area (TPSA) is 44.5 Å². The standard InChI is InChI=1S/C10H13NO2/c1-12-8-2-3-10-7(4-8)5-9(6-11)13-10/h2-4,9H,5-6,11H2,1H3/t9-/m1/s1. The van der Waals surface area contributed by atoms with Crippen LogP contribution in [-0.4, -0.2) is 19.8 Å². The summed E-state index contributed by atoms with van der Waals surface area (Å²) in [6.45, 7) is 0.566. The second-order valence-corrected chi connectivity index (χ2v) is 3.15. The van der Waals surface area contributed by atoms with Crippen molar-refractivity contribution in [3.05, 3.63) is 23.8 Å². The van der Waals surface area contributed by atoms with E-state index in [-0.39, 0.29) is 6.10 Å². The average molecular weight is 179 g/mol. The first-order chi connectivity index (χ1) is 6.33. The van der Waals surface area contributed by atoms with Gasteiger partial charge in [0.1, 0.15) is 17.6 Å². The Labute approximate surface area is 77.5 Å². The summed E-state index contributed by atoms with van der Waals surface area (Å²) in [4.78, 5) is 0. The summed E-state index contributed by atoms with van der Waals surface area (Å²) in [5, 5.41) is 0. The van der Waals surface area contributed by atoms with E-state index >= 15 is 0 Å². The normalized spacial score (nSPS) is 19.4. The van der Waals surface area contributed by atoms with Gasteiger partial charge < -0.3 is 15.2 Å². The SMILES string of the molecule is COc1ccc2c(c1)C[C@H](CN)O2. The van der Waals surface area contributed by atoms with Crippen LogP contribution in [-0.2, 0) is 6.42 Å². The molecule has 70 valence electrons. The Kier molecular flexibility index (Phi) is 2.10. The van der Waals surface area contributed by atoms with Gasteiger partial charge in [-0.05, 0) is 18.2 Å². The number of fused-ring (bicyclic) bond motifs is 1. The Morgan fingerprint density at radius 3 is 3.15 bits per heavy atom. The molecule has 0 amide bonds. The van der Waals surface area contributed by atoms with E-state index in [4.69, 9.17) is 15.2 Å². The van der Waals surface area contributed by atoms with Gasteiger partial charge in [-0.2, -0.15) is 0 Å². The largest absolute Gasteiger partial charge is 0.497 e. The number of hydrogen-bond donors (Lipinski definition) is 1. The van der Waals surface area contributed by atoms with E-state index in [9.17, 15) is 0 Å². The Bertz CT molecular complexity index is 312. The molecule has 0 unspecified atom stereocenters. The van der Waals surface area contributed by atoms with Crippen molar-refractivity contribution < 1.29 is 9.47 Å². The third-order valence-corrected chi connectivity index (χ3v) is 2.27. The fraction of sp³-hybridized carbons (Fsp3) is 0.400. The number of benzene rings is 1. The number of rotatable bonds is 2. The molecule has 0 spiro atoms. The lowest BCUT2D eigenvalue weighted by molar-refractivity contribution is 0.241. The van der Waals surface area contributed by atoms with Crippen molar-refractivity contribution >= 4 is 0 Å². The van der Waals surface area contributed by atoms with Crippen molar-refractivity contribution in [3.63, 3.8) is 0 Å². The second-order valence-electron chi connectivity index (χ2n) is 3.15. The summed E-state index contributed by atoms with van der Waals surface area (Å²) in [6.07, 6.45) is 1.03. The smallest absolute Gasteiger partial charge is 0.123 e. The molecule has 0 saturated carbocycles. The van der Waals surface area contributed by atoms with Gasteiger partial charge in [0.25, 0.3) is 0 Å². The van der Waals surface area contributed by atoms with Crippen LogP contribution in [0.2, 0.25) is 0 Å². The van der Waals surface area contributed by atoms with Crippen LogP contribution in [0.25, 0.3) is 0 Å². The minimum Gasteiger partial charge on any atom is -0.497 e. The molecule has 0 bridgehead atoms. The van der Waals surface area contributed by atoms with Gasteiger partial charge in [-0.3, -0.25) is 0 Å². The third kappa shape index (κ3) is 1.47. The van der Waals surface area contributed by atoms with Gasteiger partial charge in [-0.1, -0.05) is 0 Å². The molecule has 0 saturated heterocycles. The van der Waals surface area contributed by atoms with Gasteiger partial charge >= 0.3 is 0 Å². The Balaban J connectivity index is 2.25. The van der Waals surface area contributed by atoms with Crippen molar-refractivity contribution in [2.75, 3.05) is 13.7 Å². The summed E-state index contributed by atoms with van der Waals surface area (Å²) in [5.41, 5.74) is 6.72. The van der Waals surface area contributed by atoms with E-state index in [2.05, 4.69) is 0 Å². The van der Waals surface area contributed by atoms with E-state index in [0.29, 0.717) is 6.54 Å². The van der Waals surface area contributed by atoms with E-state index in [1.165, 1.54) is 5.56 Å². The molecular formula is C10H13NO2. The number of hydrogen-bond acceptors (Lipinski definition) is 3. The molecule has 1 aromatic carbocycles. The summed E-state index contributed by atoms with van der Waals surface area (Å²) < 4.78 is 10.7. The monoisotopic (exact) mass is 179 g/mol. The molecule has 1 heterocycles. The molecule has 0 fully saturated rings. The molecule has 1 atom stereocenters. The number of nitrogens with two attached hydrogens (primary N) is 1. The van der Waals surface area contributed by atoms with Gasteiger partial charge in [0.2, 0.25) is 0 Å². The lowest BCUT2D eigenvalue weighted by Gasteiger charge is -2.05. The molecule has 0 aromatic heterocycles. The maximum Gasteiger partial charge on any atom is 0.123 e.